The number of carbonyl (C=O) groups excluding carboxylic acids is 1. The van der Waals surface area contributed by atoms with Crippen LogP contribution in [0.1, 0.15) is 30.1 Å². The fourth-order valence-corrected chi connectivity index (χ4v) is 3.76. The van der Waals surface area contributed by atoms with E-state index >= 15 is 0 Å². The van der Waals surface area contributed by atoms with Crippen LogP contribution in [0.3, 0.4) is 0 Å². The minimum atomic E-state index is -0.0544. The van der Waals surface area contributed by atoms with E-state index < -0.39 is 0 Å². The molecule has 0 bridgehead atoms. The molecule has 6 heteroatoms. The zero-order valence-corrected chi connectivity index (χ0v) is 16.3. The number of ketones is 1. The molecule has 3 aromatic rings. The number of methoxy groups -OCH3 is 1. The summed E-state index contributed by atoms with van der Waals surface area (Å²) in [6.45, 7) is 2.68. The molecular formula is C21H22N2O3S. The number of carbonyl (C=O) groups is 1. The van der Waals surface area contributed by atoms with Gasteiger partial charge < -0.3 is 4.74 Å². The van der Waals surface area contributed by atoms with E-state index in [0.717, 1.165) is 12.8 Å². The van der Waals surface area contributed by atoms with Crippen LogP contribution < -0.4 is 10.3 Å². The lowest BCUT2D eigenvalue weighted by atomic mass is 10.1. The van der Waals surface area contributed by atoms with Crippen LogP contribution in [0.25, 0.3) is 10.9 Å². The number of ether oxygens (including phenoxy) is 1. The molecule has 1 heterocycles. The predicted octanol–water partition coefficient (Wildman–Crippen LogP) is 4.18. The van der Waals surface area contributed by atoms with Crippen molar-refractivity contribution in [3.05, 3.63) is 64.4 Å². The average Bonchev–Trinajstić information content (AvgIpc) is 2.71. The molecule has 1 aromatic heterocycles. The van der Waals surface area contributed by atoms with Gasteiger partial charge in [-0.1, -0.05) is 49.4 Å². The van der Waals surface area contributed by atoms with Crippen LogP contribution in [0.15, 0.2) is 58.5 Å². The van der Waals surface area contributed by atoms with Gasteiger partial charge in [0, 0.05) is 6.54 Å². The SMILES string of the molecule is CCCCn1c(SCC(=O)c2ccccc2OC)nc2ccccc2c1=O. The smallest absolute Gasteiger partial charge is 0.262 e. The molecule has 0 saturated heterocycles. The van der Waals surface area contributed by atoms with Crippen molar-refractivity contribution in [1.29, 1.82) is 0 Å². The summed E-state index contributed by atoms with van der Waals surface area (Å²) in [5.74, 6) is 0.692. The van der Waals surface area contributed by atoms with Crippen molar-refractivity contribution >= 4 is 28.4 Å². The minimum absolute atomic E-state index is 0.0538. The summed E-state index contributed by atoms with van der Waals surface area (Å²) < 4.78 is 6.96. The Morgan fingerprint density at radius 3 is 2.67 bits per heavy atom. The number of aromatic nitrogens is 2. The van der Waals surface area contributed by atoms with Gasteiger partial charge in [-0.3, -0.25) is 14.2 Å². The minimum Gasteiger partial charge on any atom is -0.496 e. The van der Waals surface area contributed by atoms with E-state index in [1.54, 1.807) is 29.9 Å². The van der Waals surface area contributed by atoms with Gasteiger partial charge in [0.1, 0.15) is 5.75 Å². The zero-order valence-electron chi connectivity index (χ0n) is 15.5. The fourth-order valence-electron chi connectivity index (χ4n) is 2.85. The molecule has 0 fully saturated rings. The number of para-hydroxylation sites is 2. The van der Waals surface area contributed by atoms with E-state index in [9.17, 15) is 9.59 Å². The number of unbranched alkanes of at least 4 members (excludes halogenated alkanes) is 1. The highest BCUT2D eigenvalue weighted by Crippen LogP contribution is 2.23. The normalized spacial score (nSPS) is 10.9. The number of thioether (sulfide) groups is 1. The second kappa shape index (κ2) is 8.86. The Morgan fingerprint density at radius 1 is 1.15 bits per heavy atom. The van der Waals surface area contributed by atoms with E-state index in [2.05, 4.69) is 11.9 Å². The molecule has 0 unspecified atom stereocenters. The van der Waals surface area contributed by atoms with Crippen molar-refractivity contribution in [2.75, 3.05) is 12.9 Å². The predicted molar refractivity (Wildman–Crippen MR) is 109 cm³/mol. The number of rotatable bonds is 8. The molecule has 0 atom stereocenters. The van der Waals surface area contributed by atoms with Crippen molar-refractivity contribution in [3.8, 4) is 5.75 Å². The number of hydrogen-bond donors (Lipinski definition) is 0. The Balaban J connectivity index is 1.91. The van der Waals surface area contributed by atoms with Gasteiger partial charge in [0.15, 0.2) is 10.9 Å². The standard InChI is InChI=1S/C21H22N2O3S/c1-3-4-13-23-20(25)15-9-5-7-11-17(15)22-21(23)27-14-18(24)16-10-6-8-12-19(16)26-2/h5-12H,3-4,13-14H2,1-2H3. The highest BCUT2D eigenvalue weighted by Gasteiger charge is 2.16. The van der Waals surface area contributed by atoms with Crippen molar-refractivity contribution in [2.45, 2.75) is 31.5 Å². The number of Topliss-reactive ketones (excluding diaryl/α,β-unsaturated/α-hetero) is 1. The van der Waals surface area contributed by atoms with E-state index in [1.807, 2.05) is 30.3 Å². The summed E-state index contributed by atoms with van der Waals surface area (Å²) in [7, 11) is 1.55. The average molecular weight is 382 g/mol. The van der Waals surface area contributed by atoms with Crippen LogP contribution in [0, 0.1) is 0 Å². The van der Waals surface area contributed by atoms with E-state index in [0.29, 0.717) is 33.9 Å². The lowest BCUT2D eigenvalue weighted by Crippen LogP contribution is -2.24. The largest absolute Gasteiger partial charge is 0.496 e. The van der Waals surface area contributed by atoms with Crippen LogP contribution in [0.5, 0.6) is 5.75 Å². The first-order valence-corrected chi connectivity index (χ1v) is 9.93. The maximum atomic E-state index is 12.9. The van der Waals surface area contributed by atoms with Gasteiger partial charge in [0.2, 0.25) is 0 Å². The van der Waals surface area contributed by atoms with Gasteiger partial charge in [-0.25, -0.2) is 4.98 Å². The van der Waals surface area contributed by atoms with E-state index in [4.69, 9.17) is 4.74 Å². The number of benzene rings is 2. The summed E-state index contributed by atoms with van der Waals surface area (Å²) in [5, 5.41) is 1.18. The maximum absolute atomic E-state index is 12.9. The summed E-state index contributed by atoms with van der Waals surface area (Å²) in [5.41, 5.74) is 1.14. The van der Waals surface area contributed by atoms with E-state index in [1.165, 1.54) is 11.8 Å². The summed E-state index contributed by atoms with van der Waals surface area (Å²) >= 11 is 1.30. The third-order valence-electron chi connectivity index (χ3n) is 4.30. The van der Waals surface area contributed by atoms with Gasteiger partial charge in [-0.15, -0.1) is 0 Å². The second-order valence-corrected chi connectivity index (χ2v) is 7.08. The highest BCUT2D eigenvalue weighted by atomic mass is 32.2. The fraction of sp³-hybridized carbons (Fsp3) is 0.286. The number of hydrogen-bond acceptors (Lipinski definition) is 5. The molecule has 5 nitrogen and oxygen atoms in total. The first-order chi connectivity index (χ1) is 13.2. The number of nitrogens with zero attached hydrogens (tertiary/aromatic N) is 2. The summed E-state index contributed by atoms with van der Waals surface area (Å²) in [6, 6.07) is 14.5. The molecular weight excluding hydrogens is 360 g/mol. The molecule has 140 valence electrons. The lowest BCUT2D eigenvalue weighted by molar-refractivity contribution is 0.101. The number of fused-ring (bicyclic) bond motifs is 1. The van der Waals surface area contributed by atoms with Crippen LogP contribution in [-0.2, 0) is 6.54 Å². The Labute approximate surface area is 162 Å². The van der Waals surface area contributed by atoms with Crippen molar-refractivity contribution < 1.29 is 9.53 Å². The molecule has 0 radical (unpaired) electrons. The zero-order chi connectivity index (χ0) is 19.2. The second-order valence-electron chi connectivity index (χ2n) is 6.13. The lowest BCUT2D eigenvalue weighted by Gasteiger charge is -2.13. The molecule has 27 heavy (non-hydrogen) atoms. The first kappa shape index (κ1) is 19.2. The third-order valence-corrected chi connectivity index (χ3v) is 5.28. The molecule has 2 aromatic carbocycles. The van der Waals surface area contributed by atoms with Crippen LogP contribution in [0.2, 0.25) is 0 Å². The van der Waals surface area contributed by atoms with Gasteiger partial charge >= 0.3 is 0 Å². The van der Waals surface area contributed by atoms with Gasteiger partial charge in [-0.2, -0.15) is 0 Å². The Bertz CT molecular complexity index is 1010. The topological polar surface area (TPSA) is 61.2 Å². The third kappa shape index (κ3) is 4.22. The van der Waals surface area contributed by atoms with Gasteiger partial charge in [0.05, 0.1) is 29.3 Å². The van der Waals surface area contributed by atoms with Gasteiger partial charge in [0.25, 0.3) is 5.56 Å². The summed E-state index contributed by atoms with van der Waals surface area (Å²) in [6.07, 6.45) is 1.86. The maximum Gasteiger partial charge on any atom is 0.262 e. The molecule has 0 aliphatic heterocycles. The highest BCUT2D eigenvalue weighted by molar-refractivity contribution is 7.99. The Hall–Kier alpha value is -2.60. The Kier molecular flexibility index (Phi) is 6.29. The molecule has 0 aliphatic carbocycles. The van der Waals surface area contributed by atoms with Crippen molar-refractivity contribution in [2.24, 2.45) is 0 Å². The van der Waals surface area contributed by atoms with Gasteiger partial charge in [-0.05, 0) is 30.7 Å². The van der Waals surface area contributed by atoms with Crippen molar-refractivity contribution in [3.63, 3.8) is 0 Å². The van der Waals surface area contributed by atoms with Crippen LogP contribution in [0.4, 0.5) is 0 Å². The molecule has 0 N–H and O–H groups in total. The van der Waals surface area contributed by atoms with Crippen molar-refractivity contribution in [1.82, 2.24) is 9.55 Å². The molecule has 0 saturated carbocycles. The van der Waals surface area contributed by atoms with Crippen LogP contribution >= 0.6 is 11.8 Å². The molecule has 0 aliphatic rings. The summed E-state index contributed by atoms with van der Waals surface area (Å²) in [4.78, 5) is 30.2. The molecule has 3 rings (SSSR count). The van der Waals surface area contributed by atoms with Crippen LogP contribution in [-0.4, -0.2) is 28.2 Å². The molecule has 0 amide bonds. The van der Waals surface area contributed by atoms with E-state index in [-0.39, 0.29) is 17.1 Å². The Morgan fingerprint density at radius 2 is 1.89 bits per heavy atom. The first-order valence-electron chi connectivity index (χ1n) is 8.94. The molecule has 0 spiro atoms. The quantitative estimate of drug-likeness (QED) is 0.332. The monoisotopic (exact) mass is 382 g/mol.